The number of ether oxygens (including phenoxy) is 2. The molecule has 1 atom stereocenters. The van der Waals surface area contributed by atoms with E-state index in [0.717, 1.165) is 21.6 Å². The van der Waals surface area contributed by atoms with Crippen molar-refractivity contribution in [2.24, 2.45) is 4.99 Å². The van der Waals surface area contributed by atoms with E-state index in [0.29, 0.717) is 26.4 Å². The summed E-state index contributed by atoms with van der Waals surface area (Å²) in [5.41, 5.74) is 2.93. The number of rotatable bonds is 8. The molecule has 0 spiro atoms. The zero-order valence-electron chi connectivity index (χ0n) is 22.0. The van der Waals surface area contributed by atoms with Crippen LogP contribution in [-0.2, 0) is 9.53 Å². The van der Waals surface area contributed by atoms with Gasteiger partial charge >= 0.3 is 5.97 Å². The molecule has 2 heterocycles. The monoisotopic (exact) mass is 566 g/mol. The van der Waals surface area contributed by atoms with Crippen molar-refractivity contribution in [2.45, 2.75) is 17.9 Å². The van der Waals surface area contributed by atoms with E-state index in [1.807, 2.05) is 85.1 Å². The number of fused-ring (bicyclic) bond motifs is 1. The first kappa shape index (κ1) is 27.3. The number of terminal acetylenes is 1. The van der Waals surface area contributed by atoms with Gasteiger partial charge in [-0.2, -0.15) is 0 Å². The number of thiazole rings is 1. The Morgan fingerprint density at radius 2 is 1.90 bits per heavy atom. The zero-order chi connectivity index (χ0) is 28.1. The van der Waals surface area contributed by atoms with Gasteiger partial charge in [-0.3, -0.25) is 9.36 Å². The largest absolute Gasteiger partial charge is 0.481 e. The standard InChI is InChI=1S/C32H26N2O4S2/c1-4-18-38-24-13-9-10-21(19-24)20-26-30(35)34-29(23-14-16-25(39-3)17-15-23)27(31(36)37-5-2)28(33-32(34)40-26)22-11-7-6-8-12-22/h1,6-17,19-20,29H,5,18H2,2-3H3/b26-20-/t29-/m0/s1. The van der Waals surface area contributed by atoms with Crippen molar-refractivity contribution in [3.05, 3.63) is 121 Å². The lowest BCUT2D eigenvalue weighted by molar-refractivity contribution is -0.138. The normalized spacial score (nSPS) is 14.7. The lowest BCUT2D eigenvalue weighted by Crippen LogP contribution is -2.40. The summed E-state index contributed by atoms with van der Waals surface area (Å²) in [6, 6.07) is 24.0. The number of benzene rings is 3. The van der Waals surface area contributed by atoms with Crippen molar-refractivity contribution >= 4 is 40.8 Å². The molecule has 6 nitrogen and oxygen atoms in total. The molecule has 0 amide bonds. The van der Waals surface area contributed by atoms with E-state index in [1.165, 1.54) is 11.3 Å². The Kier molecular flexibility index (Phi) is 8.34. The first-order valence-corrected chi connectivity index (χ1v) is 14.7. The van der Waals surface area contributed by atoms with Gasteiger partial charge in [0.25, 0.3) is 5.56 Å². The Hall–Kier alpha value is -4.32. The van der Waals surface area contributed by atoms with E-state index in [4.69, 9.17) is 20.9 Å². The van der Waals surface area contributed by atoms with E-state index in [9.17, 15) is 9.59 Å². The molecule has 3 aromatic carbocycles. The summed E-state index contributed by atoms with van der Waals surface area (Å²) in [4.78, 5) is 34.0. The fraction of sp³-hybridized carbons (Fsp3) is 0.156. The molecule has 4 aromatic rings. The second-order valence-corrected chi connectivity index (χ2v) is 10.7. The minimum atomic E-state index is -0.714. The van der Waals surface area contributed by atoms with E-state index >= 15 is 0 Å². The Labute approximate surface area is 240 Å². The SMILES string of the molecule is C#CCOc1cccc(/C=c2\sc3n(c2=O)[C@@H](c2ccc(SC)cc2)C(C(=O)OCC)=C(c2ccccc2)N=3)c1. The number of aromatic nitrogens is 1. The minimum absolute atomic E-state index is 0.153. The predicted octanol–water partition coefficient (Wildman–Crippen LogP) is 4.67. The lowest BCUT2D eigenvalue weighted by atomic mass is 9.93. The van der Waals surface area contributed by atoms with E-state index in [2.05, 4.69) is 5.92 Å². The highest BCUT2D eigenvalue weighted by Crippen LogP contribution is 2.35. The molecule has 0 aliphatic carbocycles. The van der Waals surface area contributed by atoms with Gasteiger partial charge in [0.15, 0.2) is 4.80 Å². The van der Waals surface area contributed by atoms with Gasteiger partial charge in [0.2, 0.25) is 0 Å². The number of hydrogen-bond acceptors (Lipinski definition) is 7. The fourth-order valence-electron chi connectivity index (χ4n) is 4.51. The van der Waals surface area contributed by atoms with Gasteiger partial charge in [-0.25, -0.2) is 9.79 Å². The minimum Gasteiger partial charge on any atom is -0.481 e. The number of hydrogen-bond donors (Lipinski definition) is 0. The van der Waals surface area contributed by atoms with Crippen molar-refractivity contribution in [3.63, 3.8) is 0 Å². The molecule has 1 aliphatic heterocycles. The van der Waals surface area contributed by atoms with Gasteiger partial charge in [-0.1, -0.05) is 71.9 Å². The van der Waals surface area contributed by atoms with Crippen LogP contribution >= 0.6 is 23.1 Å². The van der Waals surface area contributed by atoms with Crippen LogP contribution in [0.1, 0.15) is 29.7 Å². The first-order valence-electron chi connectivity index (χ1n) is 12.6. The van der Waals surface area contributed by atoms with Crippen LogP contribution in [0.15, 0.2) is 99.1 Å². The Balaban J connectivity index is 1.76. The summed E-state index contributed by atoms with van der Waals surface area (Å²) in [6.45, 7) is 2.12. The van der Waals surface area contributed by atoms with Crippen LogP contribution in [0, 0.1) is 12.3 Å². The van der Waals surface area contributed by atoms with Gasteiger partial charge in [0, 0.05) is 10.5 Å². The molecule has 0 radical (unpaired) electrons. The van der Waals surface area contributed by atoms with E-state index in [1.54, 1.807) is 29.3 Å². The van der Waals surface area contributed by atoms with Crippen molar-refractivity contribution in [3.8, 4) is 18.1 Å². The quantitative estimate of drug-likeness (QED) is 0.176. The van der Waals surface area contributed by atoms with Crippen molar-refractivity contribution in [2.75, 3.05) is 19.5 Å². The second kappa shape index (κ2) is 12.2. The van der Waals surface area contributed by atoms with Crippen LogP contribution < -0.4 is 19.6 Å². The van der Waals surface area contributed by atoms with Gasteiger partial charge in [-0.05, 0) is 54.6 Å². The maximum Gasteiger partial charge on any atom is 0.338 e. The van der Waals surface area contributed by atoms with Crippen molar-refractivity contribution in [1.82, 2.24) is 4.57 Å². The molecular weight excluding hydrogens is 540 g/mol. The van der Waals surface area contributed by atoms with Crippen LogP contribution in [0.25, 0.3) is 11.8 Å². The van der Waals surface area contributed by atoms with Gasteiger partial charge in [0.05, 0.1) is 28.5 Å². The third-order valence-corrected chi connectivity index (χ3v) is 8.01. The Morgan fingerprint density at radius 1 is 1.12 bits per heavy atom. The highest BCUT2D eigenvalue weighted by molar-refractivity contribution is 7.98. The summed E-state index contributed by atoms with van der Waals surface area (Å²) in [5, 5.41) is 0. The van der Waals surface area contributed by atoms with Crippen LogP contribution in [0.4, 0.5) is 0 Å². The molecule has 1 aromatic heterocycles. The number of thioether (sulfide) groups is 1. The van der Waals surface area contributed by atoms with Crippen molar-refractivity contribution in [1.29, 1.82) is 0 Å². The molecule has 0 unspecified atom stereocenters. The topological polar surface area (TPSA) is 69.9 Å². The number of carbonyl (C=O) groups excluding carboxylic acids is 1. The number of nitrogens with zero attached hydrogens (tertiary/aromatic N) is 2. The predicted molar refractivity (Wildman–Crippen MR) is 160 cm³/mol. The lowest BCUT2D eigenvalue weighted by Gasteiger charge is -2.26. The number of carbonyl (C=O) groups is 1. The summed E-state index contributed by atoms with van der Waals surface area (Å²) in [7, 11) is 0. The van der Waals surface area contributed by atoms with E-state index < -0.39 is 12.0 Å². The Bertz CT molecular complexity index is 1800. The van der Waals surface area contributed by atoms with Crippen LogP contribution in [0.2, 0.25) is 0 Å². The molecule has 0 saturated carbocycles. The average Bonchev–Trinajstić information content (AvgIpc) is 3.30. The number of esters is 1. The smallest absolute Gasteiger partial charge is 0.338 e. The molecule has 5 rings (SSSR count). The molecular formula is C32H26N2O4S2. The van der Waals surface area contributed by atoms with Crippen molar-refractivity contribution < 1.29 is 14.3 Å². The third-order valence-electron chi connectivity index (χ3n) is 6.28. The van der Waals surface area contributed by atoms with Gasteiger partial charge in [-0.15, -0.1) is 18.2 Å². The van der Waals surface area contributed by atoms with E-state index in [-0.39, 0.29) is 18.8 Å². The van der Waals surface area contributed by atoms with Crippen LogP contribution in [0.5, 0.6) is 5.75 Å². The van der Waals surface area contributed by atoms with Gasteiger partial charge in [0.1, 0.15) is 12.4 Å². The third kappa shape index (κ3) is 5.53. The van der Waals surface area contributed by atoms with Crippen LogP contribution in [0.3, 0.4) is 0 Å². The molecule has 8 heteroatoms. The Morgan fingerprint density at radius 3 is 2.60 bits per heavy atom. The zero-order valence-corrected chi connectivity index (χ0v) is 23.6. The summed E-state index contributed by atoms with van der Waals surface area (Å²) in [6.07, 6.45) is 9.13. The van der Waals surface area contributed by atoms with Crippen LogP contribution in [-0.4, -0.2) is 30.0 Å². The molecule has 0 bridgehead atoms. The molecule has 200 valence electrons. The molecule has 0 saturated heterocycles. The van der Waals surface area contributed by atoms with Gasteiger partial charge < -0.3 is 9.47 Å². The summed E-state index contributed by atoms with van der Waals surface area (Å²) in [5.74, 6) is 2.56. The first-order chi connectivity index (χ1) is 19.5. The summed E-state index contributed by atoms with van der Waals surface area (Å²) < 4.78 is 13.2. The highest BCUT2D eigenvalue weighted by Gasteiger charge is 2.35. The summed E-state index contributed by atoms with van der Waals surface area (Å²) >= 11 is 2.90. The molecule has 0 N–H and O–H groups in total. The maximum absolute atomic E-state index is 14.0. The molecule has 40 heavy (non-hydrogen) atoms. The molecule has 1 aliphatic rings. The molecule has 0 fully saturated rings. The average molecular weight is 567 g/mol. The fourth-order valence-corrected chi connectivity index (χ4v) is 5.92. The maximum atomic E-state index is 14.0. The second-order valence-electron chi connectivity index (χ2n) is 8.77. The highest BCUT2D eigenvalue weighted by atomic mass is 32.2.